The first kappa shape index (κ1) is 7.58. The van der Waals surface area contributed by atoms with Crippen LogP contribution in [0.5, 0.6) is 0 Å². The molecule has 56 valence electrons. The van der Waals surface area contributed by atoms with Crippen molar-refractivity contribution in [3.63, 3.8) is 0 Å². The lowest BCUT2D eigenvalue weighted by Gasteiger charge is -2.09. The summed E-state index contributed by atoms with van der Waals surface area (Å²) in [5.41, 5.74) is 0.760. The number of hydrazine groups is 1. The van der Waals surface area contributed by atoms with E-state index in [1.54, 1.807) is 25.4 Å². The van der Waals surface area contributed by atoms with Crippen LogP contribution in [0.3, 0.4) is 0 Å². The van der Waals surface area contributed by atoms with Crippen LogP contribution >= 0.6 is 0 Å². The molecule has 0 bridgehead atoms. The van der Waals surface area contributed by atoms with Crippen LogP contribution < -0.4 is 10.9 Å². The molecule has 3 heteroatoms. The zero-order valence-corrected chi connectivity index (χ0v) is 6.28. The van der Waals surface area contributed by atoms with Gasteiger partial charge in [0.05, 0.1) is 0 Å². The highest BCUT2D eigenvalue weighted by molar-refractivity contribution is 5.40. The lowest BCUT2D eigenvalue weighted by atomic mass is 10.3. The average Bonchev–Trinajstić information content (AvgIpc) is 2.05. The number of hydrogen-bond acceptors (Lipinski definition) is 3. The second-order valence-electron chi connectivity index (χ2n) is 2.16. The predicted octanol–water partition coefficient (Wildman–Crippen LogP) is 0.373. The Hall–Kier alpha value is -1.53. The lowest BCUT2D eigenvalue weighted by molar-refractivity contribution is 0.976. The van der Waals surface area contributed by atoms with E-state index in [0.717, 1.165) is 5.56 Å². The van der Waals surface area contributed by atoms with E-state index in [-0.39, 0.29) is 0 Å². The van der Waals surface area contributed by atoms with Gasteiger partial charge < -0.3 is 0 Å². The molecule has 0 saturated heterocycles. The zero-order chi connectivity index (χ0) is 8.27. The Labute approximate surface area is 65.8 Å². The Kier molecular flexibility index (Phi) is 2.09. The summed E-state index contributed by atoms with van der Waals surface area (Å²) in [6.07, 6.45) is 6.75. The Morgan fingerprint density at radius 2 is 2.36 bits per heavy atom. The fourth-order valence-electron chi connectivity index (χ4n) is 0.680. The minimum atomic E-state index is 0.698. The van der Waals surface area contributed by atoms with Gasteiger partial charge in [-0.25, -0.2) is 10.8 Å². The molecule has 11 heavy (non-hydrogen) atoms. The molecular formula is C8H9N3. The van der Waals surface area contributed by atoms with Gasteiger partial charge in [0.25, 0.3) is 0 Å². The summed E-state index contributed by atoms with van der Waals surface area (Å²) < 4.78 is 0. The third-order valence-corrected chi connectivity index (χ3v) is 1.28. The van der Waals surface area contributed by atoms with Gasteiger partial charge in [0.15, 0.2) is 0 Å². The predicted molar refractivity (Wildman–Crippen MR) is 44.8 cm³/mol. The highest BCUT2D eigenvalue weighted by atomic mass is 15.4. The SMILES string of the molecule is C#Cc1ccc(N(C)N)nc1. The van der Waals surface area contributed by atoms with Crippen molar-refractivity contribution >= 4 is 5.82 Å². The summed E-state index contributed by atoms with van der Waals surface area (Å²) in [6.45, 7) is 0. The van der Waals surface area contributed by atoms with Crippen molar-refractivity contribution < 1.29 is 0 Å². The Morgan fingerprint density at radius 1 is 1.64 bits per heavy atom. The molecule has 0 amide bonds. The molecule has 0 radical (unpaired) electrons. The van der Waals surface area contributed by atoms with Crippen LogP contribution in [0.15, 0.2) is 18.3 Å². The second kappa shape index (κ2) is 3.04. The highest BCUT2D eigenvalue weighted by Gasteiger charge is 1.94. The molecule has 0 aliphatic heterocycles. The second-order valence-corrected chi connectivity index (χ2v) is 2.16. The van der Waals surface area contributed by atoms with Gasteiger partial charge in [0.2, 0.25) is 0 Å². The Bertz CT molecular complexity index is 268. The van der Waals surface area contributed by atoms with Gasteiger partial charge in [0.1, 0.15) is 5.82 Å². The van der Waals surface area contributed by atoms with Crippen molar-refractivity contribution in [2.75, 3.05) is 12.1 Å². The van der Waals surface area contributed by atoms with E-state index in [9.17, 15) is 0 Å². The first-order valence-electron chi connectivity index (χ1n) is 3.15. The molecule has 1 heterocycles. The van der Waals surface area contributed by atoms with E-state index >= 15 is 0 Å². The van der Waals surface area contributed by atoms with Crippen molar-refractivity contribution in [2.45, 2.75) is 0 Å². The number of pyridine rings is 1. The van der Waals surface area contributed by atoms with Crippen molar-refractivity contribution in [1.29, 1.82) is 0 Å². The van der Waals surface area contributed by atoms with Gasteiger partial charge in [-0.15, -0.1) is 6.42 Å². The van der Waals surface area contributed by atoms with Crippen LogP contribution in [-0.2, 0) is 0 Å². The number of nitrogens with two attached hydrogens (primary N) is 1. The van der Waals surface area contributed by atoms with Crippen LogP contribution in [0, 0.1) is 12.3 Å². The first-order valence-corrected chi connectivity index (χ1v) is 3.15. The normalized spacial score (nSPS) is 8.82. The molecule has 0 fully saturated rings. The summed E-state index contributed by atoms with van der Waals surface area (Å²) in [4.78, 5) is 4.01. The summed E-state index contributed by atoms with van der Waals surface area (Å²) in [7, 11) is 1.72. The van der Waals surface area contributed by atoms with E-state index in [1.165, 1.54) is 5.01 Å². The molecule has 0 aromatic carbocycles. The third kappa shape index (κ3) is 1.69. The van der Waals surface area contributed by atoms with Gasteiger partial charge in [0, 0.05) is 18.8 Å². The largest absolute Gasteiger partial charge is 0.298 e. The third-order valence-electron chi connectivity index (χ3n) is 1.28. The van der Waals surface area contributed by atoms with Crippen LogP contribution in [0.1, 0.15) is 5.56 Å². The van der Waals surface area contributed by atoms with Crippen molar-refractivity contribution in [1.82, 2.24) is 4.98 Å². The van der Waals surface area contributed by atoms with Gasteiger partial charge in [-0.05, 0) is 12.1 Å². The maximum Gasteiger partial charge on any atom is 0.142 e. The number of aromatic nitrogens is 1. The van der Waals surface area contributed by atoms with Gasteiger partial charge >= 0.3 is 0 Å². The molecule has 0 aliphatic rings. The van der Waals surface area contributed by atoms with E-state index in [2.05, 4.69) is 10.9 Å². The van der Waals surface area contributed by atoms with Gasteiger partial charge in [-0.3, -0.25) is 5.01 Å². The number of hydrogen-bond donors (Lipinski definition) is 1. The van der Waals surface area contributed by atoms with E-state index in [4.69, 9.17) is 12.3 Å². The number of anilines is 1. The topological polar surface area (TPSA) is 42.1 Å². The van der Waals surface area contributed by atoms with Crippen molar-refractivity contribution in [3.8, 4) is 12.3 Å². The van der Waals surface area contributed by atoms with Crippen LogP contribution in [0.2, 0.25) is 0 Å². The summed E-state index contributed by atoms with van der Waals surface area (Å²) in [5.74, 6) is 8.59. The summed E-state index contributed by atoms with van der Waals surface area (Å²) >= 11 is 0. The van der Waals surface area contributed by atoms with Gasteiger partial charge in [-0.1, -0.05) is 5.92 Å². The maximum absolute atomic E-state index is 5.42. The molecule has 1 rings (SSSR count). The highest BCUT2D eigenvalue weighted by Crippen LogP contribution is 2.04. The molecule has 0 unspecified atom stereocenters. The molecule has 1 aromatic heterocycles. The van der Waals surface area contributed by atoms with Crippen molar-refractivity contribution in [3.05, 3.63) is 23.9 Å². The summed E-state index contributed by atoms with van der Waals surface area (Å²) in [5, 5.41) is 1.43. The molecule has 2 N–H and O–H groups in total. The minimum absolute atomic E-state index is 0.698. The molecule has 0 aliphatic carbocycles. The fourth-order valence-corrected chi connectivity index (χ4v) is 0.680. The molecule has 3 nitrogen and oxygen atoms in total. The van der Waals surface area contributed by atoms with Crippen LogP contribution in [0.25, 0.3) is 0 Å². The first-order chi connectivity index (χ1) is 5.24. The average molecular weight is 147 g/mol. The number of rotatable bonds is 1. The summed E-state index contributed by atoms with van der Waals surface area (Å²) in [6, 6.07) is 3.57. The Balaban J connectivity index is 2.94. The minimum Gasteiger partial charge on any atom is -0.298 e. The zero-order valence-electron chi connectivity index (χ0n) is 6.28. The molecule has 1 aromatic rings. The van der Waals surface area contributed by atoms with E-state index in [0.29, 0.717) is 5.82 Å². The fraction of sp³-hybridized carbons (Fsp3) is 0.125. The van der Waals surface area contributed by atoms with Gasteiger partial charge in [-0.2, -0.15) is 0 Å². The van der Waals surface area contributed by atoms with Crippen LogP contribution in [-0.4, -0.2) is 12.0 Å². The monoisotopic (exact) mass is 147 g/mol. The van der Waals surface area contributed by atoms with Crippen LogP contribution in [0.4, 0.5) is 5.82 Å². The van der Waals surface area contributed by atoms with E-state index < -0.39 is 0 Å². The quantitative estimate of drug-likeness (QED) is 0.354. The van der Waals surface area contributed by atoms with E-state index in [1.807, 2.05) is 0 Å². The smallest absolute Gasteiger partial charge is 0.142 e. The van der Waals surface area contributed by atoms with Crippen molar-refractivity contribution in [2.24, 2.45) is 5.84 Å². The number of nitrogens with zero attached hydrogens (tertiary/aromatic N) is 2. The standard InChI is InChI=1S/C8H9N3/c1-3-7-4-5-8(10-6-7)11(2)9/h1,4-6H,9H2,2H3. The Morgan fingerprint density at radius 3 is 2.73 bits per heavy atom. The molecular weight excluding hydrogens is 138 g/mol. The molecule has 0 atom stereocenters. The molecule has 0 spiro atoms. The maximum atomic E-state index is 5.42. The lowest BCUT2D eigenvalue weighted by Crippen LogP contribution is -2.25. The number of terminal acetylenes is 1. The molecule has 0 saturated carbocycles.